The van der Waals surface area contributed by atoms with Crippen molar-refractivity contribution in [1.82, 2.24) is 14.5 Å². The highest BCUT2D eigenvalue weighted by Gasteiger charge is 2.11. The summed E-state index contributed by atoms with van der Waals surface area (Å²) in [5, 5.41) is 8.91. The molecule has 2 heterocycles. The van der Waals surface area contributed by atoms with Gasteiger partial charge in [0.15, 0.2) is 0 Å². The summed E-state index contributed by atoms with van der Waals surface area (Å²) >= 11 is 0. The molecule has 2 aromatic heterocycles. The molecule has 0 amide bonds. The van der Waals surface area contributed by atoms with E-state index in [-0.39, 0.29) is 0 Å². The van der Waals surface area contributed by atoms with E-state index < -0.39 is 5.82 Å². The van der Waals surface area contributed by atoms with Gasteiger partial charge in [0, 0.05) is 18.8 Å². The Morgan fingerprint density at radius 3 is 2.84 bits per heavy atom. The van der Waals surface area contributed by atoms with Gasteiger partial charge in [-0.15, -0.1) is 0 Å². The Bertz CT molecular complexity index is 814. The van der Waals surface area contributed by atoms with Crippen LogP contribution in [0.2, 0.25) is 0 Å². The van der Waals surface area contributed by atoms with Gasteiger partial charge in [-0.3, -0.25) is 4.98 Å². The predicted molar refractivity (Wildman–Crippen MR) is 68.6 cm³/mol. The van der Waals surface area contributed by atoms with Gasteiger partial charge >= 0.3 is 0 Å². The molecule has 0 aliphatic heterocycles. The first-order valence-corrected chi connectivity index (χ1v) is 5.66. The van der Waals surface area contributed by atoms with Crippen LogP contribution in [-0.2, 0) is 7.05 Å². The number of hydrogen-bond donors (Lipinski definition) is 0. The SMILES string of the molecule is Cn1c(-c2cncc(F)c2)nc2ccc(C#N)cc21. The molecular formula is C14H9FN4. The summed E-state index contributed by atoms with van der Waals surface area (Å²) in [7, 11) is 1.83. The number of fused-ring (bicyclic) bond motifs is 1. The van der Waals surface area contributed by atoms with Crippen LogP contribution in [0.3, 0.4) is 0 Å². The molecule has 19 heavy (non-hydrogen) atoms. The van der Waals surface area contributed by atoms with Gasteiger partial charge < -0.3 is 4.57 Å². The molecule has 0 saturated heterocycles. The van der Waals surface area contributed by atoms with Crippen molar-refractivity contribution < 1.29 is 4.39 Å². The Labute approximate surface area is 108 Å². The quantitative estimate of drug-likeness (QED) is 0.669. The summed E-state index contributed by atoms with van der Waals surface area (Å²) in [6.07, 6.45) is 2.72. The zero-order valence-electron chi connectivity index (χ0n) is 10.1. The maximum absolute atomic E-state index is 13.2. The number of benzene rings is 1. The van der Waals surface area contributed by atoms with E-state index in [0.717, 1.165) is 17.2 Å². The van der Waals surface area contributed by atoms with E-state index in [1.807, 2.05) is 11.6 Å². The first kappa shape index (κ1) is 11.4. The molecule has 3 rings (SSSR count). The average molecular weight is 252 g/mol. The third kappa shape index (κ3) is 1.83. The Balaban J connectivity index is 2.26. The van der Waals surface area contributed by atoms with Crippen LogP contribution >= 0.6 is 0 Å². The minimum Gasteiger partial charge on any atom is -0.327 e. The number of nitriles is 1. The first-order valence-electron chi connectivity index (χ1n) is 5.66. The van der Waals surface area contributed by atoms with Gasteiger partial charge in [-0.25, -0.2) is 9.37 Å². The highest BCUT2D eigenvalue weighted by Crippen LogP contribution is 2.24. The molecule has 0 radical (unpaired) electrons. The molecule has 0 aliphatic carbocycles. The Hall–Kier alpha value is -2.74. The number of nitrogens with zero attached hydrogens (tertiary/aromatic N) is 4. The lowest BCUT2D eigenvalue weighted by atomic mass is 10.2. The van der Waals surface area contributed by atoms with Crippen LogP contribution in [0, 0.1) is 17.1 Å². The fraction of sp³-hybridized carbons (Fsp3) is 0.0714. The minimum atomic E-state index is -0.401. The van der Waals surface area contributed by atoms with E-state index in [2.05, 4.69) is 16.0 Å². The van der Waals surface area contributed by atoms with Crippen molar-refractivity contribution in [2.75, 3.05) is 0 Å². The van der Waals surface area contributed by atoms with Gasteiger partial charge in [0.1, 0.15) is 11.6 Å². The maximum atomic E-state index is 13.2. The standard InChI is InChI=1S/C14H9FN4/c1-19-13-4-9(6-16)2-3-12(13)18-14(19)10-5-11(15)8-17-7-10/h2-5,7-8H,1H3. The lowest BCUT2D eigenvalue weighted by Crippen LogP contribution is -1.93. The number of halogens is 1. The summed E-state index contributed by atoms with van der Waals surface area (Å²) in [5.41, 5.74) is 2.77. The molecule has 0 saturated carbocycles. The molecule has 4 nitrogen and oxygen atoms in total. The van der Waals surface area contributed by atoms with Crippen molar-refractivity contribution in [3.05, 3.63) is 48.0 Å². The molecule has 0 unspecified atom stereocenters. The number of rotatable bonds is 1. The molecule has 1 aromatic carbocycles. The molecule has 3 aromatic rings. The number of hydrogen-bond acceptors (Lipinski definition) is 3. The Morgan fingerprint density at radius 2 is 2.11 bits per heavy atom. The summed E-state index contributed by atoms with van der Waals surface area (Å²) in [4.78, 5) is 8.27. The van der Waals surface area contributed by atoms with Gasteiger partial charge in [-0.1, -0.05) is 0 Å². The molecule has 0 spiro atoms. The average Bonchev–Trinajstić information content (AvgIpc) is 2.76. The fourth-order valence-electron chi connectivity index (χ4n) is 2.05. The second kappa shape index (κ2) is 4.18. The molecule has 0 fully saturated rings. The van der Waals surface area contributed by atoms with E-state index >= 15 is 0 Å². The van der Waals surface area contributed by atoms with Crippen LogP contribution in [0.1, 0.15) is 5.56 Å². The van der Waals surface area contributed by atoms with Gasteiger partial charge in [0.2, 0.25) is 0 Å². The molecular weight excluding hydrogens is 243 g/mol. The van der Waals surface area contributed by atoms with Gasteiger partial charge in [0.05, 0.1) is 28.9 Å². The number of aryl methyl sites for hydroxylation is 1. The highest BCUT2D eigenvalue weighted by molar-refractivity contribution is 5.81. The van der Waals surface area contributed by atoms with E-state index in [1.54, 1.807) is 24.4 Å². The van der Waals surface area contributed by atoms with Crippen molar-refractivity contribution >= 4 is 11.0 Å². The molecule has 0 bridgehead atoms. The summed E-state index contributed by atoms with van der Waals surface area (Å²) in [5.74, 6) is 0.222. The summed E-state index contributed by atoms with van der Waals surface area (Å²) in [6, 6.07) is 8.73. The topological polar surface area (TPSA) is 54.5 Å². The summed E-state index contributed by atoms with van der Waals surface area (Å²) in [6.45, 7) is 0. The predicted octanol–water partition coefficient (Wildman–Crippen LogP) is 2.65. The van der Waals surface area contributed by atoms with Crippen molar-refractivity contribution in [3.63, 3.8) is 0 Å². The van der Waals surface area contributed by atoms with E-state index in [0.29, 0.717) is 17.0 Å². The van der Waals surface area contributed by atoms with Crippen LogP contribution < -0.4 is 0 Å². The van der Waals surface area contributed by atoms with Crippen molar-refractivity contribution in [3.8, 4) is 17.5 Å². The molecule has 5 heteroatoms. The molecule has 0 N–H and O–H groups in total. The minimum absolute atomic E-state index is 0.401. The number of pyridine rings is 1. The lowest BCUT2D eigenvalue weighted by Gasteiger charge is -2.01. The smallest absolute Gasteiger partial charge is 0.142 e. The second-order valence-electron chi connectivity index (χ2n) is 4.20. The van der Waals surface area contributed by atoms with Crippen LogP contribution in [0.25, 0.3) is 22.4 Å². The van der Waals surface area contributed by atoms with Crippen LogP contribution in [0.5, 0.6) is 0 Å². The zero-order chi connectivity index (χ0) is 13.4. The number of imidazole rings is 1. The summed E-state index contributed by atoms with van der Waals surface area (Å²) < 4.78 is 15.0. The third-order valence-electron chi connectivity index (χ3n) is 2.97. The normalized spacial score (nSPS) is 10.6. The van der Waals surface area contributed by atoms with E-state index in [9.17, 15) is 4.39 Å². The Kier molecular flexibility index (Phi) is 2.50. The van der Waals surface area contributed by atoms with Crippen LogP contribution in [0.15, 0.2) is 36.7 Å². The van der Waals surface area contributed by atoms with Crippen LogP contribution in [-0.4, -0.2) is 14.5 Å². The van der Waals surface area contributed by atoms with Gasteiger partial charge in [-0.05, 0) is 24.3 Å². The fourth-order valence-corrected chi connectivity index (χ4v) is 2.05. The zero-order valence-corrected chi connectivity index (χ0v) is 10.1. The van der Waals surface area contributed by atoms with E-state index in [4.69, 9.17) is 5.26 Å². The van der Waals surface area contributed by atoms with Crippen molar-refractivity contribution in [1.29, 1.82) is 5.26 Å². The maximum Gasteiger partial charge on any atom is 0.142 e. The highest BCUT2D eigenvalue weighted by atomic mass is 19.1. The van der Waals surface area contributed by atoms with Crippen molar-refractivity contribution in [2.45, 2.75) is 0 Å². The van der Waals surface area contributed by atoms with Gasteiger partial charge in [0.25, 0.3) is 0 Å². The first-order chi connectivity index (χ1) is 9.19. The van der Waals surface area contributed by atoms with Gasteiger partial charge in [-0.2, -0.15) is 5.26 Å². The van der Waals surface area contributed by atoms with E-state index in [1.165, 1.54) is 6.07 Å². The van der Waals surface area contributed by atoms with Crippen molar-refractivity contribution in [2.24, 2.45) is 7.05 Å². The second-order valence-corrected chi connectivity index (χ2v) is 4.20. The Morgan fingerprint density at radius 1 is 1.26 bits per heavy atom. The molecule has 0 aliphatic rings. The molecule has 92 valence electrons. The lowest BCUT2D eigenvalue weighted by molar-refractivity contribution is 0.621. The van der Waals surface area contributed by atoms with Crippen LogP contribution in [0.4, 0.5) is 4.39 Å². The monoisotopic (exact) mass is 252 g/mol. The third-order valence-corrected chi connectivity index (χ3v) is 2.97. The number of aromatic nitrogens is 3. The largest absolute Gasteiger partial charge is 0.327 e. The molecule has 0 atom stereocenters.